The number of sulfonamides is 1. The van der Waals surface area contributed by atoms with E-state index in [4.69, 9.17) is 15.7 Å². The van der Waals surface area contributed by atoms with Gasteiger partial charge in [0.2, 0.25) is 15.9 Å². The first-order valence-electron chi connectivity index (χ1n) is 11.3. The number of carbonyl (C=O) groups is 2. The highest BCUT2D eigenvalue weighted by Gasteiger charge is 2.38. The van der Waals surface area contributed by atoms with Crippen LogP contribution in [0.2, 0.25) is 0 Å². The quantitative estimate of drug-likeness (QED) is 0.235. The third kappa shape index (κ3) is 7.52. The number of halogens is 3. The maximum atomic E-state index is 12.8. The number of alkyl halides is 3. The minimum absolute atomic E-state index is 0.0425. The molecule has 0 saturated carbocycles. The lowest BCUT2D eigenvalue weighted by Gasteiger charge is -2.17. The lowest BCUT2D eigenvalue weighted by molar-refractivity contribution is -0.192. The molecule has 9 nitrogen and oxygen atoms in total. The minimum atomic E-state index is -5.08. The molecular weight excluding hydrogens is 525 g/mol. The van der Waals surface area contributed by atoms with Crippen molar-refractivity contribution in [2.24, 2.45) is 16.9 Å². The number of nitrogens with zero attached hydrogens (tertiary/aromatic N) is 2. The van der Waals surface area contributed by atoms with Gasteiger partial charge in [0, 0.05) is 19.6 Å². The lowest BCUT2D eigenvalue weighted by atomic mass is 10.1. The molecule has 0 unspecified atom stereocenters. The van der Waals surface area contributed by atoms with E-state index in [1.807, 2.05) is 48.5 Å². The second kappa shape index (κ2) is 12.0. The van der Waals surface area contributed by atoms with Crippen molar-refractivity contribution in [2.45, 2.75) is 24.0 Å². The molecule has 4 rings (SSSR count). The number of rotatable bonds is 7. The molecule has 0 aromatic heterocycles. The van der Waals surface area contributed by atoms with Gasteiger partial charge in [-0.1, -0.05) is 48.5 Å². The van der Waals surface area contributed by atoms with Crippen LogP contribution in [0.25, 0.3) is 10.8 Å². The fourth-order valence-electron chi connectivity index (χ4n) is 3.86. The molecule has 0 spiro atoms. The van der Waals surface area contributed by atoms with Crippen LogP contribution >= 0.6 is 0 Å². The van der Waals surface area contributed by atoms with E-state index in [0.717, 1.165) is 21.9 Å². The second-order valence-corrected chi connectivity index (χ2v) is 10.2. The van der Waals surface area contributed by atoms with Crippen LogP contribution in [0.5, 0.6) is 0 Å². The summed E-state index contributed by atoms with van der Waals surface area (Å²) >= 11 is 0. The number of likely N-dealkylation sites (tertiary alicyclic amines) is 1. The van der Waals surface area contributed by atoms with E-state index in [0.29, 0.717) is 19.5 Å². The molecule has 1 amide bonds. The van der Waals surface area contributed by atoms with Crippen LogP contribution in [0, 0.1) is 5.92 Å². The smallest absolute Gasteiger partial charge is 0.475 e. The summed E-state index contributed by atoms with van der Waals surface area (Å²) in [7, 11) is -3.70. The third-order valence-corrected chi connectivity index (χ3v) is 7.17. The van der Waals surface area contributed by atoms with Gasteiger partial charge in [-0.3, -0.25) is 4.79 Å². The summed E-state index contributed by atoms with van der Waals surface area (Å²) in [5.41, 5.74) is 1.84. The molecule has 0 aliphatic carbocycles. The zero-order valence-corrected chi connectivity index (χ0v) is 20.7. The van der Waals surface area contributed by atoms with Gasteiger partial charge in [0.05, 0.1) is 17.0 Å². The number of nitrogens with one attached hydrogen (secondary N) is 1. The lowest BCUT2D eigenvalue weighted by Crippen LogP contribution is -2.34. The van der Waals surface area contributed by atoms with Crippen LogP contribution in [0.15, 0.2) is 76.7 Å². The van der Waals surface area contributed by atoms with Gasteiger partial charge in [-0.15, -0.1) is 0 Å². The second-order valence-electron chi connectivity index (χ2n) is 8.43. The van der Waals surface area contributed by atoms with Gasteiger partial charge in [0.15, 0.2) is 0 Å². The van der Waals surface area contributed by atoms with E-state index in [2.05, 4.69) is 9.82 Å². The summed E-state index contributed by atoms with van der Waals surface area (Å²) in [6.07, 6.45) is -2.91. The van der Waals surface area contributed by atoms with Gasteiger partial charge in [-0.2, -0.15) is 18.3 Å². The number of carboxylic acid groups (broad SMARTS) is 1. The first-order valence-corrected chi connectivity index (χ1v) is 12.8. The SMILES string of the molecule is NN=Cc1cccc(CN2CC[C@@H](CNS(=O)(=O)c3ccc4ccccc4c3)C2=O)c1.O=C(O)C(F)(F)F. The first-order chi connectivity index (χ1) is 17.9. The fourth-order valence-corrected chi connectivity index (χ4v) is 4.97. The van der Waals surface area contributed by atoms with Crippen molar-refractivity contribution in [2.75, 3.05) is 13.1 Å². The molecule has 1 saturated heterocycles. The largest absolute Gasteiger partial charge is 0.490 e. The Morgan fingerprint density at radius 2 is 1.79 bits per heavy atom. The van der Waals surface area contributed by atoms with E-state index in [1.54, 1.807) is 29.3 Å². The number of benzene rings is 3. The third-order valence-electron chi connectivity index (χ3n) is 5.75. The molecule has 1 aliphatic heterocycles. The van der Waals surface area contributed by atoms with Gasteiger partial charge in [-0.05, 0) is 46.5 Å². The Labute approximate surface area is 216 Å². The number of carboxylic acids is 1. The summed E-state index contributed by atoms with van der Waals surface area (Å²) in [5.74, 6) is 2.03. The van der Waals surface area contributed by atoms with Crippen LogP contribution in [-0.2, 0) is 26.2 Å². The summed E-state index contributed by atoms with van der Waals surface area (Å²) in [4.78, 5) is 23.6. The Balaban J connectivity index is 0.000000505. The first kappa shape index (κ1) is 28.6. The maximum Gasteiger partial charge on any atom is 0.490 e. The molecule has 38 heavy (non-hydrogen) atoms. The minimum Gasteiger partial charge on any atom is -0.475 e. The Hall–Kier alpha value is -3.97. The monoisotopic (exact) mass is 550 g/mol. The predicted octanol–water partition coefficient (Wildman–Crippen LogP) is 3.09. The molecule has 1 heterocycles. The molecule has 1 fully saturated rings. The summed E-state index contributed by atoms with van der Waals surface area (Å²) in [6, 6.07) is 20.3. The van der Waals surface area contributed by atoms with E-state index >= 15 is 0 Å². The molecule has 1 atom stereocenters. The number of amides is 1. The van der Waals surface area contributed by atoms with E-state index in [1.165, 1.54) is 0 Å². The zero-order chi connectivity index (χ0) is 27.9. The molecule has 3 aromatic rings. The number of nitrogens with two attached hydrogens (primary N) is 1. The van der Waals surface area contributed by atoms with Crippen LogP contribution in [0.4, 0.5) is 13.2 Å². The zero-order valence-electron chi connectivity index (χ0n) is 19.9. The van der Waals surface area contributed by atoms with E-state index in [-0.39, 0.29) is 23.3 Å². The molecule has 0 radical (unpaired) electrons. The fraction of sp³-hybridized carbons (Fsp3) is 0.240. The van der Waals surface area contributed by atoms with Crippen molar-refractivity contribution in [1.29, 1.82) is 0 Å². The van der Waals surface area contributed by atoms with Crippen molar-refractivity contribution in [3.05, 3.63) is 77.9 Å². The summed E-state index contributed by atoms with van der Waals surface area (Å²) in [5, 5.41) is 12.5. The number of hydrazone groups is 1. The highest BCUT2D eigenvalue weighted by Crippen LogP contribution is 2.22. The normalized spacial score (nSPS) is 16.0. The standard InChI is InChI=1S/C23H24N4O3S.C2HF3O2/c24-25-14-17-4-3-5-18(12-17)16-27-11-10-21(23(27)28)15-26-31(29,30)22-9-8-19-6-1-2-7-20(19)13-22;3-2(4,5)1(6)7/h1-9,12-14,21,26H,10-11,15-16,24H2;(H,6,7)/t21-;/m0./s1. The maximum absolute atomic E-state index is 12.8. The van der Waals surface area contributed by atoms with Crippen molar-refractivity contribution >= 4 is 38.9 Å². The Kier molecular flexibility index (Phi) is 9.07. The van der Waals surface area contributed by atoms with Crippen LogP contribution in [0.3, 0.4) is 0 Å². The number of fused-ring (bicyclic) bond motifs is 1. The summed E-state index contributed by atoms with van der Waals surface area (Å²) < 4.78 is 59.9. The van der Waals surface area contributed by atoms with Gasteiger partial charge >= 0.3 is 12.1 Å². The molecule has 3 aromatic carbocycles. The molecule has 1 aliphatic rings. The van der Waals surface area contributed by atoms with Crippen molar-refractivity contribution in [1.82, 2.24) is 9.62 Å². The topological polar surface area (TPSA) is 142 Å². The average molecular weight is 551 g/mol. The van der Waals surface area contributed by atoms with Crippen molar-refractivity contribution in [3.8, 4) is 0 Å². The van der Waals surface area contributed by atoms with Crippen molar-refractivity contribution < 1.29 is 36.3 Å². The van der Waals surface area contributed by atoms with Crippen LogP contribution in [-0.4, -0.2) is 55.8 Å². The highest BCUT2D eigenvalue weighted by molar-refractivity contribution is 7.89. The number of hydrogen-bond donors (Lipinski definition) is 3. The van der Waals surface area contributed by atoms with Crippen LogP contribution < -0.4 is 10.6 Å². The van der Waals surface area contributed by atoms with Gasteiger partial charge < -0.3 is 15.8 Å². The molecule has 13 heteroatoms. The number of carbonyl (C=O) groups excluding carboxylic acids is 1. The predicted molar refractivity (Wildman–Crippen MR) is 135 cm³/mol. The molecular formula is C25H25F3N4O5S. The molecule has 4 N–H and O–H groups in total. The van der Waals surface area contributed by atoms with Gasteiger partial charge in [0.1, 0.15) is 0 Å². The number of aliphatic carboxylic acids is 1. The highest BCUT2D eigenvalue weighted by atomic mass is 32.2. The summed E-state index contributed by atoms with van der Waals surface area (Å²) in [6.45, 7) is 1.15. The Bertz CT molecular complexity index is 1440. The molecule has 202 valence electrons. The van der Waals surface area contributed by atoms with Crippen molar-refractivity contribution in [3.63, 3.8) is 0 Å². The van der Waals surface area contributed by atoms with E-state index in [9.17, 15) is 26.4 Å². The Morgan fingerprint density at radius 1 is 1.11 bits per heavy atom. The Morgan fingerprint density at radius 3 is 2.45 bits per heavy atom. The number of hydrogen-bond acceptors (Lipinski definition) is 6. The van der Waals surface area contributed by atoms with E-state index < -0.39 is 22.2 Å². The van der Waals surface area contributed by atoms with Gasteiger partial charge in [0.25, 0.3) is 0 Å². The van der Waals surface area contributed by atoms with Gasteiger partial charge in [-0.25, -0.2) is 17.9 Å². The van der Waals surface area contributed by atoms with Crippen LogP contribution in [0.1, 0.15) is 17.5 Å². The average Bonchev–Trinajstić information content (AvgIpc) is 3.21. The molecule has 0 bridgehead atoms.